The molecule has 0 bridgehead atoms. The van der Waals surface area contributed by atoms with Crippen LogP contribution in [0.2, 0.25) is 0 Å². The Morgan fingerprint density at radius 1 is 1.30 bits per heavy atom. The van der Waals surface area contributed by atoms with Crippen molar-refractivity contribution in [2.75, 3.05) is 11.4 Å². The second-order valence-electron chi connectivity index (χ2n) is 7.50. The number of pyridine rings is 1. The zero-order chi connectivity index (χ0) is 16.4. The maximum atomic E-state index is 12.8. The molecule has 2 heterocycles. The SMILES string of the molecule is CC(C)(C)OC(=O)N(c1ncccc1[C@H]1CCCN1)C1CCC1. The van der Waals surface area contributed by atoms with Crippen LogP contribution in [-0.4, -0.2) is 29.3 Å². The number of carbonyl (C=O) groups excluding carboxylic acids is 1. The van der Waals surface area contributed by atoms with E-state index in [2.05, 4.69) is 16.4 Å². The quantitative estimate of drug-likeness (QED) is 0.921. The van der Waals surface area contributed by atoms with Gasteiger partial charge in [-0.2, -0.15) is 0 Å². The average molecular weight is 317 g/mol. The van der Waals surface area contributed by atoms with Gasteiger partial charge in [-0.25, -0.2) is 9.78 Å². The van der Waals surface area contributed by atoms with Gasteiger partial charge in [0.1, 0.15) is 11.4 Å². The first-order valence-electron chi connectivity index (χ1n) is 8.66. The molecule has 23 heavy (non-hydrogen) atoms. The van der Waals surface area contributed by atoms with E-state index in [1.54, 1.807) is 11.1 Å². The normalized spacial score (nSPS) is 21.8. The van der Waals surface area contributed by atoms with Gasteiger partial charge in [0.25, 0.3) is 0 Å². The molecule has 2 fully saturated rings. The standard InChI is InChI=1S/C18H27N3O2/c1-18(2,3)23-17(22)21(13-7-4-8-13)16-14(9-5-12-20-16)15-10-6-11-19-15/h5,9,12-13,15,19H,4,6-8,10-11H2,1-3H3/t15-/m1/s1. The minimum absolute atomic E-state index is 0.208. The predicted octanol–water partition coefficient (Wildman–Crippen LogP) is 3.80. The van der Waals surface area contributed by atoms with Crippen molar-refractivity contribution in [3.05, 3.63) is 23.9 Å². The van der Waals surface area contributed by atoms with E-state index in [0.717, 1.165) is 50.0 Å². The molecular weight excluding hydrogens is 290 g/mol. The Morgan fingerprint density at radius 2 is 2.09 bits per heavy atom. The van der Waals surface area contributed by atoms with Gasteiger partial charge in [-0.1, -0.05) is 6.07 Å². The molecule has 1 saturated carbocycles. The topological polar surface area (TPSA) is 54.5 Å². The molecule has 0 radical (unpaired) electrons. The van der Waals surface area contributed by atoms with Crippen LogP contribution in [0.25, 0.3) is 0 Å². The molecule has 1 aliphatic carbocycles. The van der Waals surface area contributed by atoms with E-state index >= 15 is 0 Å². The highest BCUT2D eigenvalue weighted by atomic mass is 16.6. The van der Waals surface area contributed by atoms with E-state index in [9.17, 15) is 4.79 Å². The first kappa shape index (κ1) is 16.2. The molecule has 126 valence electrons. The first-order valence-corrected chi connectivity index (χ1v) is 8.66. The largest absolute Gasteiger partial charge is 0.443 e. The molecule has 1 N–H and O–H groups in total. The third kappa shape index (κ3) is 3.66. The van der Waals surface area contributed by atoms with Gasteiger partial charge in [-0.05, 0) is 65.5 Å². The highest BCUT2D eigenvalue weighted by Gasteiger charge is 2.36. The Balaban J connectivity index is 1.92. The number of amides is 1. The molecule has 1 atom stereocenters. The van der Waals surface area contributed by atoms with Crippen molar-refractivity contribution >= 4 is 11.9 Å². The summed E-state index contributed by atoms with van der Waals surface area (Å²) in [4.78, 5) is 19.2. The third-order valence-corrected chi connectivity index (χ3v) is 4.51. The summed E-state index contributed by atoms with van der Waals surface area (Å²) in [5.41, 5.74) is 0.613. The van der Waals surface area contributed by atoms with Crippen LogP contribution in [0.3, 0.4) is 0 Å². The van der Waals surface area contributed by atoms with Crippen LogP contribution in [-0.2, 0) is 4.74 Å². The Morgan fingerprint density at radius 3 is 2.65 bits per heavy atom. The average Bonchev–Trinajstić information content (AvgIpc) is 2.94. The first-order chi connectivity index (χ1) is 11.0. The van der Waals surface area contributed by atoms with Gasteiger partial charge in [0, 0.05) is 23.8 Å². The number of carbonyl (C=O) groups is 1. The number of aromatic nitrogens is 1. The summed E-state index contributed by atoms with van der Waals surface area (Å²) in [7, 11) is 0. The van der Waals surface area contributed by atoms with Gasteiger partial charge in [0.05, 0.1) is 0 Å². The number of hydrogen-bond donors (Lipinski definition) is 1. The Labute approximate surface area is 138 Å². The number of rotatable bonds is 3. The molecular formula is C18H27N3O2. The Hall–Kier alpha value is -1.62. The number of anilines is 1. The Bertz CT molecular complexity index is 558. The zero-order valence-corrected chi connectivity index (χ0v) is 14.3. The summed E-state index contributed by atoms with van der Waals surface area (Å²) in [6, 6.07) is 4.53. The second-order valence-corrected chi connectivity index (χ2v) is 7.50. The van der Waals surface area contributed by atoms with Gasteiger partial charge >= 0.3 is 6.09 Å². The summed E-state index contributed by atoms with van der Waals surface area (Å²) in [6.45, 7) is 6.74. The van der Waals surface area contributed by atoms with Crippen LogP contribution in [0.5, 0.6) is 0 Å². The Kier molecular flexibility index (Phi) is 4.57. The number of nitrogens with one attached hydrogen (secondary N) is 1. The minimum atomic E-state index is -0.500. The van der Waals surface area contributed by atoms with E-state index in [-0.39, 0.29) is 18.2 Å². The van der Waals surface area contributed by atoms with E-state index in [4.69, 9.17) is 4.74 Å². The van der Waals surface area contributed by atoms with E-state index in [1.807, 2.05) is 26.8 Å². The van der Waals surface area contributed by atoms with E-state index in [1.165, 1.54) is 0 Å². The lowest BCUT2D eigenvalue weighted by Crippen LogP contribution is -2.47. The maximum Gasteiger partial charge on any atom is 0.416 e. The van der Waals surface area contributed by atoms with Crippen LogP contribution < -0.4 is 10.2 Å². The summed E-state index contributed by atoms with van der Waals surface area (Å²) in [5, 5.41) is 3.51. The molecule has 0 unspecified atom stereocenters. The van der Waals surface area contributed by atoms with Gasteiger partial charge in [-0.3, -0.25) is 4.90 Å². The van der Waals surface area contributed by atoms with Crippen molar-refractivity contribution in [3.63, 3.8) is 0 Å². The van der Waals surface area contributed by atoms with Crippen LogP contribution in [0.4, 0.5) is 10.6 Å². The lowest BCUT2D eigenvalue weighted by molar-refractivity contribution is 0.0547. The minimum Gasteiger partial charge on any atom is -0.443 e. The summed E-state index contributed by atoms with van der Waals surface area (Å²) >= 11 is 0. The van der Waals surface area contributed by atoms with Crippen LogP contribution in [0, 0.1) is 0 Å². The highest BCUT2D eigenvalue weighted by Crippen LogP contribution is 2.35. The molecule has 2 aliphatic rings. The summed E-state index contributed by atoms with van der Waals surface area (Å²) in [6.07, 6.45) is 6.94. The monoisotopic (exact) mass is 317 g/mol. The fourth-order valence-electron chi connectivity index (χ4n) is 3.20. The van der Waals surface area contributed by atoms with E-state index in [0.29, 0.717) is 0 Å². The van der Waals surface area contributed by atoms with Crippen LogP contribution >= 0.6 is 0 Å². The van der Waals surface area contributed by atoms with Gasteiger partial charge < -0.3 is 10.1 Å². The smallest absolute Gasteiger partial charge is 0.416 e. The van der Waals surface area contributed by atoms with Crippen molar-refractivity contribution in [1.29, 1.82) is 0 Å². The summed E-state index contributed by atoms with van der Waals surface area (Å²) in [5.74, 6) is 0.769. The molecule has 0 aromatic carbocycles. The molecule has 1 aliphatic heterocycles. The molecule has 1 aromatic heterocycles. The van der Waals surface area contributed by atoms with Crippen molar-refractivity contribution in [1.82, 2.24) is 10.3 Å². The maximum absolute atomic E-state index is 12.8. The van der Waals surface area contributed by atoms with Crippen molar-refractivity contribution in [3.8, 4) is 0 Å². The molecule has 0 spiro atoms. The van der Waals surface area contributed by atoms with Gasteiger partial charge in [-0.15, -0.1) is 0 Å². The lowest BCUT2D eigenvalue weighted by Gasteiger charge is -2.38. The highest BCUT2D eigenvalue weighted by molar-refractivity contribution is 5.88. The van der Waals surface area contributed by atoms with Crippen LogP contribution in [0.1, 0.15) is 64.5 Å². The second kappa shape index (κ2) is 6.48. The predicted molar refractivity (Wildman–Crippen MR) is 90.6 cm³/mol. The van der Waals surface area contributed by atoms with E-state index < -0.39 is 5.60 Å². The third-order valence-electron chi connectivity index (χ3n) is 4.51. The number of hydrogen-bond acceptors (Lipinski definition) is 4. The number of nitrogens with zero attached hydrogens (tertiary/aromatic N) is 2. The van der Waals surface area contributed by atoms with Crippen molar-refractivity contribution in [2.24, 2.45) is 0 Å². The molecule has 5 nitrogen and oxygen atoms in total. The molecule has 3 rings (SSSR count). The zero-order valence-electron chi connectivity index (χ0n) is 14.3. The molecule has 1 amide bonds. The molecule has 5 heteroatoms. The molecule has 1 aromatic rings. The van der Waals surface area contributed by atoms with Gasteiger partial charge in [0.2, 0.25) is 0 Å². The fourth-order valence-corrected chi connectivity index (χ4v) is 3.20. The molecule has 1 saturated heterocycles. The lowest BCUT2D eigenvalue weighted by atomic mass is 9.91. The van der Waals surface area contributed by atoms with Crippen LogP contribution in [0.15, 0.2) is 18.3 Å². The van der Waals surface area contributed by atoms with Crippen molar-refractivity contribution < 1.29 is 9.53 Å². The van der Waals surface area contributed by atoms with Crippen molar-refractivity contribution in [2.45, 2.75) is 70.6 Å². The number of ether oxygens (including phenoxy) is 1. The van der Waals surface area contributed by atoms with Gasteiger partial charge in [0.15, 0.2) is 0 Å². The summed E-state index contributed by atoms with van der Waals surface area (Å²) < 4.78 is 5.66. The fraction of sp³-hybridized carbons (Fsp3) is 0.667.